The van der Waals surface area contributed by atoms with E-state index in [-0.39, 0.29) is 0 Å². The maximum atomic E-state index is 10.4. The molecule has 0 aliphatic rings. The molecule has 124 valence electrons. The Labute approximate surface area is 134 Å². The number of aromatic hydroxyl groups is 1. The number of aryl methyl sites for hydroxylation is 2. The molecule has 1 rings (SSSR count). The van der Waals surface area contributed by atoms with Gasteiger partial charge in [0.2, 0.25) is 0 Å². The fraction of sp³-hybridized carbons (Fsp3) is 0.632. The average Bonchev–Trinajstić information content (AvgIpc) is 2.46. The summed E-state index contributed by atoms with van der Waals surface area (Å²) in [5.74, 6) is -0.213. The minimum absolute atomic E-state index is 0.297. The summed E-state index contributed by atoms with van der Waals surface area (Å²) in [6.07, 6.45) is 8.82. The molecule has 22 heavy (non-hydrogen) atoms. The first-order valence-corrected chi connectivity index (χ1v) is 8.44. The van der Waals surface area contributed by atoms with Crippen molar-refractivity contribution >= 4 is 5.97 Å². The number of phenolic OH excluding ortho intramolecular Hbond substituents is 1. The van der Waals surface area contributed by atoms with E-state index in [0.717, 1.165) is 48.8 Å². The average molecular weight is 306 g/mol. The van der Waals surface area contributed by atoms with Crippen molar-refractivity contribution in [1.29, 1.82) is 0 Å². The molecule has 3 heteroatoms. The third-order valence-electron chi connectivity index (χ3n) is 4.46. The van der Waals surface area contributed by atoms with E-state index < -0.39 is 5.97 Å². The van der Waals surface area contributed by atoms with E-state index in [9.17, 15) is 9.90 Å². The van der Waals surface area contributed by atoms with E-state index in [2.05, 4.69) is 13.0 Å². The summed E-state index contributed by atoms with van der Waals surface area (Å²) >= 11 is 0. The zero-order valence-electron chi connectivity index (χ0n) is 14.2. The highest BCUT2D eigenvalue weighted by atomic mass is 16.4. The van der Waals surface area contributed by atoms with Gasteiger partial charge in [-0.1, -0.05) is 38.2 Å². The van der Waals surface area contributed by atoms with Crippen LogP contribution in [-0.4, -0.2) is 16.2 Å². The number of aliphatic carboxylic acids is 1. The lowest BCUT2D eigenvalue weighted by Gasteiger charge is -2.13. The van der Waals surface area contributed by atoms with E-state index >= 15 is 0 Å². The van der Waals surface area contributed by atoms with Crippen LogP contribution in [0, 0.1) is 20.8 Å². The van der Waals surface area contributed by atoms with Crippen LogP contribution in [0.25, 0.3) is 0 Å². The highest BCUT2D eigenvalue weighted by Crippen LogP contribution is 2.29. The van der Waals surface area contributed by atoms with E-state index in [0.29, 0.717) is 12.2 Å². The predicted molar refractivity (Wildman–Crippen MR) is 90.6 cm³/mol. The van der Waals surface area contributed by atoms with Gasteiger partial charge in [0.1, 0.15) is 5.75 Å². The zero-order chi connectivity index (χ0) is 16.5. The van der Waals surface area contributed by atoms with E-state index in [1.54, 1.807) is 0 Å². The van der Waals surface area contributed by atoms with Crippen LogP contribution in [0.4, 0.5) is 0 Å². The summed E-state index contributed by atoms with van der Waals surface area (Å²) in [6, 6.07) is 2.16. The number of benzene rings is 1. The maximum Gasteiger partial charge on any atom is 0.303 e. The molecule has 0 unspecified atom stereocenters. The molecule has 0 aliphatic carbocycles. The summed E-state index contributed by atoms with van der Waals surface area (Å²) in [7, 11) is 0. The second-order valence-electron chi connectivity index (χ2n) is 6.33. The standard InChI is InChI=1S/C19H30O3/c1-14-13-15(2)17(19(22)16(14)3)11-9-7-5-4-6-8-10-12-18(20)21/h13,22H,4-12H2,1-3H3,(H,20,21). The fourth-order valence-electron chi connectivity index (χ4n) is 2.90. The van der Waals surface area contributed by atoms with Gasteiger partial charge in [-0.3, -0.25) is 4.79 Å². The van der Waals surface area contributed by atoms with Crippen molar-refractivity contribution < 1.29 is 15.0 Å². The number of unbranched alkanes of at least 4 members (excludes halogenated alkanes) is 6. The molecule has 0 aliphatic heterocycles. The molecule has 0 fully saturated rings. The second-order valence-corrected chi connectivity index (χ2v) is 6.33. The number of phenols is 1. The van der Waals surface area contributed by atoms with Crippen LogP contribution in [0.15, 0.2) is 6.07 Å². The third-order valence-corrected chi connectivity index (χ3v) is 4.46. The van der Waals surface area contributed by atoms with Crippen LogP contribution in [0.3, 0.4) is 0 Å². The number of carboxylic acids is 1. The Hall–Kier alpha value is -1.51. The van der Waals surface area contributed by atoms with Gasteiger partial charge >= 0.3 is 5.97 Å². The van der Waals surface area contributed by atoms with Gasteiger partial charge in [-0.15, -0.1) is 0 Å². The molecule has 0 saturated carbocycles. The Kier molecular flexibility index (Phi) is 8.00. The molecule has 0 aromatic heterocycles. The smallest absolute Gasteiger partial charge is 0.303 e. The van der Waals surface area contributed by atoms with E-state index in [4.69, 9.17) is 5.11 Å². The molecule has 2 N–H and O–H groups in total. The maximum absolute atomic E-state index is 10.4. The highest BCUT2D eigenvalue weighted by Gasteiger charge is 2.10. The normalized spacial score (nSPS) is 10.9. The second kappa shape index (κ2) is 9.50. The predicted octanol–water partition coefficient (Wildman–Crippen LogP) is 5.07. The first kappa shape index (κ1) is 18.5. The first-order valence-electron chi connectivity index (χ1n) is 8.44. The van der Waals surface area contributed by atoms with Gasteiger partial charge in [0.05, 0.1) is 0 Å². The lowest BCUT2D eigenvalue weighted by atomic mass is 9.95. The molecule has 3 nitrogen and oxygen atoms in total. The number of hydrogen-bond donors (Lipinski definition) is 2. The van der Waals surface area contributed by atoms with Crippen molar-refractivity contribution in [3.8, 4) is 5.75 Å². The largest absolute Gasteiger partial charge is 0.507 e. The van der Waals surface area contributed by atoms with Gasteiger partial charge in [0.25, 0.3) is 0 Å². The zero-order valence-corrected chi connectivity index (χ0v) is 14.2. The Bertz CT molecular complexity index is 492. The molecule has 0 atom stereocenters. The Morgan fingerprint density at radius 1 is 0.909 bits per heavy atom. The van der Waals surface area contributed by atoms with Crippen LogP contribution in [-0.2, 0) is 11.2 Å². The number of hydrogen-bond acceptors (Lipinski definition) is 2. The van der Waals surface area contributed by atoms with Gasteiger partial charge in [-0.25, -0.2) is 0 Å². The summed E-state index contributed by atoms with van der Waals surface area (Å²) in [6.45, 7) is 6.09. The summed E-state index contributed by atoms with van der Waals surface area (Å²) in [5.41, 5.74) is 4.44. The summed E-state index contributed by atoms with van der Waals surface area (Å²) < 4.78 is 0. The Balaban J connectivity index is 2.20. The van der Waals surface area contributed by atoms with Crippen molar-refractivity contribution in [3.05, 3.63) is 28.3 Å². The molecule has 0 bridgehead atoms. The SMILES string of the molecule is Cc1cc(C)c(CCCCCCCCCC(=O)O)c(O)c1C. The van der Waals surface area contributed by atoms with Crippen LogP contribution in [0.2, 0.25) is 0 Å². The molecule has 0 spiro atoms. The molecule has 0 saturated heterocycles. The fourth-order valence-corrected chi connectivity index (χ4v) is 2.90. The number of carboxylic acid groups (broad SMARTS) is 1. The van der Waals surface area contributed by atoms with Crippen molar-refractivity contribution in [3.63, 3.8) is 0 Å². The highest BCUT2D eigenvalue weighted by molar-refractivity contribution is 5.66. The van der Waals surface area contributed by atoms with E-state index in [1.807, 2.05) is 13.8 Å². The van der Waals surface area contributed by atoms with Crippen LogP contribution >= 0.6 is 0 Å². The molecule has 1 aromatic rings. The number of rotatable bonds is 10. The number of carbonyl (C=O) groups is 1. The van der Waals surface area contributed by atoms with Gasteiger partial charge in [0.15, 0.2) is 0 Å². The van der Waals surface area contributed by atoms with Gasteiger partial charge in [-0.2, -0.15) is 0 Å². The molecule has 0 radical (unpaired) electrons. The minimum Gasteiger partial charge on any atom is -0.507 e. The van der Waals surface area contributed by atoms with Crippen LogP contribution in [0.5, 0.6) is 5.75 Å². The third kappa shape index (κ3) is 6.08. The van der Waals surface area contributed by atoms with Gasteiger partial charge in [0, 0.05) is 6.42 Å². The van der Waals surface area contributed by atoms with Gasteiger partial charge < -0.3 is 10.2 Å². The van der Waals surface area contributed by atoms with Crippen LogP contribution in [0.1, 0.15) is 73.6 Å². The molecular weight excluding hydrogens is 276 g/mol. The molecule has 0 amide bonds. The molecule has 1 aromatic carbocycles. The van der Waals surface area contributed by atoms with Crippen molar-refractivity contribution in [1.82, 2.24) is 0 Å². The lowest BCUT2D eigenvalue weighted by molar-refractivity contribution is -0.137. The topological polar surface area (TPSA) is 57.5 Å². The Morgan fingerprint density at radius 2 is 1.45 bits per heavy atom. The lowest BCUT2D eigenvalue weighted by Crippen LogP contribution is -1.96. The monoisotopic (exact) mass is 306 g/mol. The quantitative estimate of drug-likeness (QED) is 0.594. The van der Waals surface area contributed by atoms with Gasteiger partial charge in [-0.05, 0) is 62.3 Å². The molecular formula is C19H30O3. The summed E-state index contributed by atoms with van der Waals surface area (Å²) in [4.78, 5) is 10.4. The Morgan fingerprint density at radius 3 is 2.05 bits per heavy atom. The van der Waals surface area contributed by atoms with Crippen LogP contribution < -0.4 is 0 Å². The minimum atomic E-state index is -0.691. The first-order chi connectivity index (χ1) is 10.4. The molecule has 0 heterocycles. The van der Waals surface area contributed by atoms with E-state index in [1.165, 1.54) is 24.8 Å². The summed E-state index contributed by atoms with van der Waals surface area (Å²) in [5, 5.41) is 18.8. The van der Waals surface area contributed by atoms with Crippen molar-refractivity contribution in [2.75, 3.05) is 0 Å². The van der Waals surface area contributed by atoms with Crippen molar-refractivity contribution in [2.24, 2.45) is 0 Å². The van der Waals surface area contributed by atoms with Crippen molar-refractivity contribution in [2.45, 2.75) is 78.6 Å².